The van der Waals surface area contributed by atoms with Gasteiger partial charge in [-0.25, -0.2) is 9.97 Å². The van der Waals surface area contributed by atoms with Gasteiger partial charge in [0.25, 0.3) is 0 Å². The quantitative estimate of drug-likeness (QED) is 0.681. The van der Waals surface area contributed by atoms with Crippen LogP contribution in [-0.4, -0.2) is 39.7 Å². The fourth-order valence-electron chi connectivity index (χ4n) is 2.42. The predicted molar refractivity (Wildman–Crippen MR) is 84.7 cm³/mol. The normalized spacial score (nSPS) is 11.0. The molecule has 0 radical (unpaired) electrons. The Morgan fingerprint density at radius 1 is 1.27 bits per heavy atom. The van der Waals surface area contributed by atoms with Crippen molar-refractivity contribution in [3.05, 3.63) is 48.4 Å². The molecule has 0 aliphatic heterocycles. The van der Waals surface area contributed by atoms with Crippen LogP contribution in [0.5, 0.6) is 0 Å². The zero-order valence-electron chi connectivity index (χ0n) is 12.4. The third-order valence-electron chi connectivity index (χ3n) is 3.49. The minimum absolute atomic E-state index is 0.00651. The Balaban J connectivity index is 2.04. The molecule has 6 heteroatoms. The number of fused-ring (bicyclic) bond motifs is 1. The van der Waals surface area contributed by atoms with Gasteiger partial charge in [0.2, 0.25) is 0 Å². The maximum absolute atomic E-state index is 9.52. The monoisotopic (exact) mass is 298 g/mol. The summed E-state index contributed by atoms with van der Waals surface area (Å²) in [6, 6.07) is 7.76. The highest BCUT2D eigenvalue weighted by Crippen LogP contribution is 2.26. The lowest BCUT2D eigenvalue weighted by Gasteiger charge is -2.09. The number of ether oxygens (including phenoxy) is 1. The van der Waals surface area contributed by atoms with Crippen molar-refractivity contribution in [1.82, 2.24) is 14.4 Å². The number of aromatic nitrogens is 3. The van der Waals surface area contributed by atoms with Crippen LogP contribution in [0.3, 0.4) is 0 Å². The van der Waals surface area contributed by atoms with Crippen molar-refractivity contribution < 1.29 is 9.84 Å². The second-order valence-corrected chi connectivity index (χ2v) is 4.85. The van der Waals surface area contributed by atoms with E-state index in [9.17, 15) is 5.11 Å². The number of methoxy groups -OCH3 is 1. The van der Waals surface area contributed by atoms with Crippen molar-refractivity contribution in [1.29, 1.82) is 0 Å². The van der Waals surface area contributed by atoms with Gasteiger partial charge in [0.15, 0.2) is 11.5 Å². The predicted octanol–water partition coefficient (Wildman–Crippen LogP) is 1.95. The zero-order valence-corrected chi connectivity index (χ0v) is 12.4. The molecule has 0 saturated carbocycles. The molecule has 114 valence electrons. The SMILES string of the molecule is COCCNc1nccn2c(-c3ccccc3CO)cnc12. The summed E-state index contributed by atoms with van der Waals surface area (Å²) in [5, 5.41) is 12.7. The Labute approximate surface area is 128 Å². The third kappa shape index (κ3) is 2.66. The molecule has 1 aromatic carbocycles. The summed E-state index contributed by atoms with van der Waals surface area (Å²) in [4.78, 5) is 8.79. The molecular weight excluding hydrogens is 280 g/mol. The van der Waals surface area contributed by atoms with Crippen molar-refractivity contribution in [2.24, 2.45) is 0 Å². The standard InChI is InChI=1S/C16H18N4O2/c1-22-9-7-18-15-16-19-10-14(20(16)8-6-17-15)13-5-3-2-4-12(13)11-21/h2-6,8,10,21H,7,9,11H2,1H3,(H,17,18). The van der Waals surface area contributed by atoms with Crippen LogP contribution in [0.15, 0.2) is 42.9 Å². The number of hydrogen-bond acceptors (Lipinski definition) is 5. The lowest BCUT2D eigenvalue weighted by molar-refractivity contribution is 0.210. The van der Waals surface area contributed by atoms with Gasteiger partial charge in [-0.2, -0.15) is 0 Å². The molecule has 0 fully saturated rings. The summed E-state index contributed by atoms with van der Waals surface area (Å²) >= 11 is 0. The third-order valence-corrected chi connectivity index (χ3v) is 3.49. The van der Waals surface area contributed by atoms with E-state index in [0.29, 0.717) is 19.0 Å². The Morgan fingerprint density at radius 2 is 2.14 bits per heavy atom. The first-order chi connectivity index (χ1) is 10.8. The first kappa shape index (κ1) is 14.5. The highest BCUT2D eigenvalue weighted by atomic mass is 16.5. The lowest BCUT2D eigenvalue weighted by atomic mass is 10.1. The molecule has 3 rings (SSSR count). The molecule has 2 aromatic heterocycles. The van der Waals surface area contributed by atoms with E-state index < -0.39 is 0 Å². The van der Waals surface area contributed by atoms with Gasteiger partial charge in [0.05, 0.1) is 25.1 Å². The number of anilines is 1. The number of rotatable bonds is 6. The molecular formula is C16H18N4O2. The second kappa shape index (κ2) is 6.55. The van der Waals surface area contributed by atoms with E-state index in [4.69, 9.17) is 4.74 Å². The van der Waals surface area contributed by atoms with Crippen LogP contribution in [0.2, 0.25) is 0 Å². The van der Waals surface area contributed by atoms with Crippen LogP contribution in [-0.2, 0) is 11.3 Å². The Kier molecular flexibility index (Phi) is 4.32. The number of nitrogens with zero attached hydrogens (tertiary/aromatic N) is 3. The Hall–Kier alpha value is -2.44. The van der Waals surface area contributed by atoms with Crippen LogP contribution in [0, 0.1) is 0 Å². The highest BCUT2D eigenvalue weighted by molar-refractivity contribution is 5.72. The van der Waals surface area contributed by atoms with Gasteiger partial charge in [-0.05, 0) is 5.56 Å². The second-order valence-electron chi connectivity index (χ2n) is 4.85. The van der Waals surface area contributed by atoms with Crippen molar-refractivity contribution in [2.75, 3.05) is 25.6 Å². The lowest BCUT2D eigenvalue weighted by Crippen LogP contribution is -2.10. The topological polar surface area (TPSA) is 71.7 Å². The van der Waals surface area contributed by atoms with Gasteiger partial charge in [0.1, 0.15) is 0 Å². The number of aliphatic hydroxyl groups excluding tert-OH is 1. The van der Waals surface area contributed by atoms with E-state index in [1.807, 2.05) is 34.9 Å². The fourth-order valence-corrected chi connectivity index (χ4v) is 2.42. The minimum Gasteiger partial charge on any atom is -0.392 e. The molecule has 0 spiro atoms. The first-order valence-corrected chi connectivity index (χ1v) is 7.09. The van der Waals surface area contributed by atoms with Crippen molar-refractivity contribution in [3.63, 3.8) is 0 Å². The average Bonchev–Trinajstić information content (AvgIpc) is 3.00. The average molecular weight is 298 g/mol. The van der Waals surface area contributed by atoms with Crippen LogP contribution >= 0.6 is 0 Å². The summed E-state index contributed by atoms with van der Waals surface area (Å²) in [6.07, 6.45) is 5.40. The molecule has 0 atom stereocenters. The first-order valence-electron chi connectivity index (χ1n) is 7.09. The van der Waals surface area contributed by atoms with Gasteiger partial charge >= 0.3 is 0 Å². The van der Waals surface area contributed by atoms with E-state index in [2.05, 4.69) is 15.3 Å². The van der Waals surface area contributed by atoms with Gasteiger partial charge in [-0.1, -0.05) is 24.3 Å². The molecule has 0 unspecified atom stereocenters. The number of benzene rings is 1. The molecule has 0 bridgehead atoms. The molecule has 3 aromatic rings. The molecule has 2 N–H and O–H groups in total. The highest BCUT2D eigenvalue weighted by Gasteiger charge is 2.12. The van der Waals surface area contributed by atoms with E-state index >= 15 is 0 Å². The van der Waals surface area contributed by atoms with Crippen molar-refractivity contribution in [2.45, 2.75) is 6.61 Å². The van der Waals surface area contributed by atoms with Crippen LogP contribution < -0.4 is 5.32 Å². The summed E-state index contributed by atoms with van der Waals surface area (Å²) in [5.74, 6) is 0.715. The Bertz CT molecular complexity index is 770. The fraction of sp³-hybridized carbons (Fsp3) is 0.250. The number of imidazole rings is 1. The number of hydrogen-bond donors (Lipinski definition) is 2. The van der Waals surface area contributed by atoms with E-state index in [-0.39, 0.29) is 6.61 Å². The van der Waals surface area contributed by atoms with E-state index in [1.54, 1.807) is 19.5 Å². The van der Waals surface area contributed by atoms with Gasteiger partial charge < -0.3 is 15.2 Å². The molecule has 0 aliphatic carbocycles. The molecule has 0 amide bonds. The van der Waals surface area contributed by atoms with Crippen LogP contribution in [0.4, 0.5) is 5.82 Å². The summed E-state index contributed by atoms with van der Waals surface area (Å²) in [7, 11) is 1.66. The maximum Gasteiger partial charge on any atom is 0.180 e. The number of nitrogens with one attached hydrogen (secondary N) is 1. The molecule has 0 aliphatic rings. The van der Waals surface area contributed by atoms with Gasteiger partial charge in [-0.15, -0.1) is 0 Å². The summed E-state index contributed by atoms with van der Waals surface area (Å²) in [5.41, 5.74) is 3.51. The van der Waals surface area contributed by atoms with E-state index in [1.165, 1.54) is 0 Å². The molecule has 0 saturated heterocycles. The van der Waals surface area contributed by atoms with Gasteiger partial charge in [0, 0.05) is 31.6 Å². The molecule has 6 nitrogen and oxygen atoms in total. The van der Waals surface area contributed by atoms with Crippen LogP contribution in [0.25, 0.3) is 16.9 Å². The van der Waals surface area contributed by atoms with Crippen LogP contribution in [0.1, 0.15) is 5.56 Å². The summed E-state index contributed by atoms with van der Waals surface area (Å²) in [6.45, 7) is 1.26. The van der Waals surface area contributed by atoms with Crippen molar-refractivity contribution in [3.8, 4) is 11.3 Å². The summed E-state index contributed by atoms with van der Waals surface area (Å²) < 4.78 is 7.00. The zero-order chi connectivity index (χ0) is 15.4. The minimum atomic E-state index is -0.00651. The molecule has 2 heterocycles. The van der Waals surface area contributed by atoms with Gasteiger partial charge in [-0.3, -0.25) is 4.40 Å². The number of aliphatic hydroxyl groups is 1. The maximum atomic E-state index is 9.52. The Morgan fingerprint density at radius 3 is 2.95 bits per heavy atom. The molecule has 22 heavy (non-hydrogen) atoms. The smallest absolute Gasteiger partial charge is 0.180 e. The van der Waals surface area contributed by atoms with E-state index in [0.717, 1.165) is 22.5 Å². The largest absolute Gasteiger partial charge is 0.392 e. The van der Waals surface area contributed by atoms with Crippen molar-refractivity contribution >= 4 is 11.5 Å².